The van der Waals surface area contributed by atoms with E-state index in [9.17, 15) is 45.6 Å². The lowest BCUT2D eigenvalue weighted by atomic mass is 9.97. The maximum atomic E-state index is 13.2. The topological polar surface area (TPSA) is 228 Å². The minimum Gasteiger partial charge on any atom is -0.394 e. The van der Waals surface area contributed by atoms with Gasteiger partial charge in [0.15, 0.2) is 12.6 Å². The summed E-state index contributed by atoms with van der Waals surface area (Å²) in [4.78, 5) is 13.2. The van der Waals surface area contributed by atoms with Gasteiger partial charge in [-0.2, -0.15) is 0 Å². The summed E-state index contributed by atoms with van der Waals surface area (Å²) in [5.41, 5.74) is 0. The van der Waals surface area contributed by atoms with Gasteiger partial charge in [-0.25, -0.2) is 0 Å². The fraction of sp³-hybridized carbons (Fsp3) is 0.828. The molecule has 1 amide bonds. The molecule has 0 aliphatic carbocycles. The lowest BCUT2D eigenvalue weighted by molar-refractivity contribution is -0.359. The number of hydrogen-bond acceptors (Lipinski definition) is 13. The first-order chi connectivity index (χ1) is 38.1. The first kappa shape index (κ1) is 71.8. The van der Waals surface area contributed by atoms with Gasteiger partial charge in [0.2, 0.25) is 5.91 Å². The molecule has 12 atom stereocenters. The number of aliphatic hydroxyl groups excluding tert-OH is 8. The van der Waals surface area contributed by atoms with Crippen LogP contribution in [-0.4, -0.2) is 140 Å². The van der Waals surface area contributed by atoms with Crippen LogP contribution < -0.4 is 5.32 Å². The number of amides is 1. The first-order valence-corrected chi connectivity index (χ1v) is 31.5. The molecule has 2 aliphatic heterocycles. The molecule has 0 radical (unpaired) electrons. The zero-order valence-electron chi connectivity index (χ0n) is 48.9. The third-order valence-electron chi connectivity index (χ3n) is 15.2. The van der Waals surface area contributed by atoms with Gasteiger partial charge in [-0.1, -0.05) is 242 Å². The van der Waals surface area contributed by atoms with Crippen molar-refractivity contribution in [2.75, 3.05) is 19.8 Å². The summed E-state index contributed by atoms with van der Waals surface area (Å²) >= 11 is 0. The van der Waals surface area contributed by atoms with E-state index in [0.717, 1.165) is 57.8 Å². The first-order valence-electron chi connectivity index (χ1n) is 31.5. The number of carbonyl (C=O) groups is 1. The molecule has 0 aromatic rings. The maximum Gasteiger partial charge on any atom is 0.220 e. The largest absolute Gasteiger partial charge is 0.394 e. The number of nitrogens with one attached hydrogen (secondary N) is 1. The van der Waals surface area contributed by atoms with Crippen molar-refractivity contribution in [2.24, 2.45) is 0 Å². The van der Waals surface area contributed by atoms with E-state index in [1.807, 2.05) is 6.08 Å². The SMILES string of the molecule is CC/C=C\C/C=C\C/C=C\C/C=C\CCCCC(=O)NC(COC1OC(CO)C(OC2OC(CO)C(O)C(O)C2O)C(O)C1O)C(O)/C=C/CCCCCCCCCCCCCCCCCCCCCCCCCCCCC. The van der Waals surface area contributed by atoms with Gasteiger partial charge < -0.3 is 65.1 Å². The van der Waals surface area contributed by atoms with Crippen molar-refractivity contribution in [2.45, 2.75) is 319 Å². The summed E-state index contributed by atoms with van der Waals surface area (Å²) in [6.45, 7) is 2.66. The third-order valence-corrected chi connectivity index (χ3v) is 15.2. The standard InChI is InChI=1S/C64H115NO13/c1-3-5-7-9-11-13-15-17-19-20-21-22-23-24-25-26-27-28-29-30-31-32-34-35-37-39-41-43-45-47-53(68)52(65-56(69)48-46-44-42-40-38-36-33-18-16-14-12-10-8-6-4-2)51-75-63-61(74)59(72)62(55(50-67)77-63)78-64-60(73)58(71)57(70)54(49-66)76-64/h6,8,12,14,18,33,38,40,45,47,52-55,57-64,66-68,70-74H,3-5,7,9-11,13,15-17,19-32,34-37,39,41-44,46,48-51H2,1-2H3,(H,65,69)/b8-6-,14-12-,33-18-,40-38-,47-45+. The summed E-state index contributed by atoms with van der Waals surface area (Å²) in [6, 6.07) is -0.939. The molecule has 14 heteroatoms. The number of allylic oxidation sites excluding steroid dienone is 9. The van der Waals surface area contributed by atoms with E-state index < -0.39 is 86.8 Å². The second-order valence-electron chi connectivity index (χ2n) is 22.2. The van der Waals surface area contributed by atoms with Crippen LogP contribution in [0, 0.1) is 0 Å². The van der Waals surface area contributed by atoms with Crippen LogP contribution in [0.15, 0.2) is 60.8 Å². The molecule has 2 rings (SSSR count). The van der Waals surface area contributed by atoms with Crippen molar-refractivity contribution < 1.29 is 64.6 Å². The van der Waals surface area contributed by atoms with Crippen LogP contribution >= 0.6 is 0 Å². The highest BCUT2D eigenvalue weighted by atomic mass is 16.7. The molecule has 2 saturated heterocycles. The van der Waals surface area contributed by atoms with E-state index in [-0.39, 0.29) is 18.9 Å². The normalized spacial score (nSPS) is 24.9. The average Bonchev–Trinajstić information content (AvgIpc) is 3.48. The third kappa shape index (κ3) is 34.2. The van der Waals surface area contributed by atoms with Crippen LogP contribution in [-0.2, 0) is 23.7 Å². The number of hydrogen-bond donors (Lipinski definition) is 9. The summed E-state index contributed by atoms with van der Waals surface area (Å²) < 4.78 is 22.8. The van der Waals surface area contributed by atoms with Gasteiger partial charge in [0.05, 0.1) is 32.0 Å². The molecule has 2 aliphatic rings. The van der Waals surface area contributed by atoms with Crippen LogP contribution in [0.2, 0.25) is 0 Å². The highest BCUT2D eigenvalue weighted by molar-refractivity contribution is 5.76. The second-order valence-corrected chi connectivity index (χ2v) is 22.2. The molecular formula is C64H115NO13. The Hall–Kier alpha value is -2.31. The molecule has 2 fully saturated rings. The minimum atomic E-state index is -1.79. The Morgan fingerprint density at radius 2 is 0.885 bits per heavy atom. The number of ether oxygens (including phenoxy) is 4. The fourth-order valence-electron chi connectivity index (χ4n) is 10.2. The predicted octanol–water partition coefficient (Wildman–Crippen LogP) is 11.3. The van der Waals surface area contributed by atoms with Gasteiger partial charge in [-0.05, 0) is 57.8 Å². The Labute approximate surface area is 473 Å². The Balaban J connectivity index is 1.71. The van der Waals surface area contributed by atoms with Crippen LogP contribution in [0.1, 0.15) is 245 Å². The van der Waals surface area contributed by atoms with Gasteiger partial charge in [-0.15, -0.1) is 0 Å². The van der Waals surface area contributed by atoms with Crippen molar-refractivity contribution >= 4 is 5.91 Å². The molecule has 0 aromatic heterocycles. The Bertz CT molecular complexity index is 1540. The van der Waals surface area contributed by atoms with Crippen LogP contribution in [0.4, 0.5) is 0 Å². The molecule has 12 unspecified atom stereocenters. The summed E-state index contributed by atoms with van der Waals surface area (Å²) in [7, 11) is 0. The van der Waals surface area contributed by atoms with Crippen molar-refractivity contribution in [3.05, 3.63) is 60.8 Å². The molecule has 78 heavy (non-hydrogen) atoms. The Morgan fingerprint density at radius 3 is 1.36 bits per heavy atom. The molecule has 14 nitrogen and oxygen atoms in total. The fourth-order valence-corrected chi connectivity index (χ4v) is 10.2. The van der Waals surface area contributed by atoms with E-state index in [1.54, 1.807) is 6.08 Å². The van der Waals surface area contributed by atoms with Crippen molar-refractivity contribution in [1.29, 1.82) is 0 Å². The Morgan fingerprint density at radius 1 is 0.474 bits per heavy atom. The van der Waals surface area contributed by atoms with Crippen molar-refractivity contribution in [3.63, 3.8) is 0 Å². The quantitative estimate of drug-likeness (QED) is 0.0204. The second kappa shape index (κ2) is 49.3. The van der Waals surface area contributed by atoms with Gasteiger partial charge in [-0.3, -0.25) is 4.79 Å². The van der Waals surface area contributed by atoms with Crippen LogP contribution in [0.5, 0.6) is 0 Å². The van der Waals surface area contributed by atoms with Gasteiger partial charge >= 0.3 is 0 Å². The summed E-state index contributed by atoms with van der Waals surface area (Å²) in [6.07, 6.45) is 47.1. The molecule has 9 N–H and O–H groups in total. The molecule has 0 bridgehead atoms. The van der Waals surface area contributed by atoms with Crippen molar-refractivity contribution in [1.82, 2.24) is 5.32 Å². The highest BCUT2D eigenvalue weighted by Gasteiger charge is 2.51. The van der Waals surface area contributed by atoms with E-state index in [4.69, 9.17) is 18.9 Å². The lowest BCUT2D eigenvalue weighted by Crippen LogP contribution is -2.65. The van der Waals surface area contributed by atoms with Gasteiger partial charge in [0.25, 0.3) is 0 Å². The number of carbonyl (C=O) groups excluding carboxylic acids is 1. The number of aliphatic hydroxyl groups is 8. The number of rotatable bonds is 50. The van der Waals surface area contributed by atoms with E-state index in [0.29, 0.717) is 6.42 Å². The van der Waals surface area contributed by atoms with E-state index in [2.05, 4.69) is 67.8 Å². The van der Waals surface area contributed by atoms with Crippen molar-refractivity contribution in [3.8, 4) is 0 Å². The van der Waals surface area contributed by atoms with Crippen LogP contribution in [0.25, 0.3) is 0 Å². The minimum absolute atomic E-state index is 0.227. The zero-order chi connectivity index (χ0) is 56.7. The molecule has 2 heterocycles. The maximum absolute atomic E-state index is 13.2. The lowest BCUT2D eigenvalue weighted by Gasteiger charge is -2.46. The molecule has 454 valence electrons. The Kier molecular flexibility index (Phi) is 45.4. The number of unbranched alkanes of at least 4 members (excludes halogenated alkanes) is 29. The van der Waals surface area contributed by atoms with E-state index in [1.165, 1.54) is 161 Å². The van der Waals surface area contributed by atoms with Crippen LogP contribution in [0.3, 0.4) is 0 Å². The average molecular weight is 1110 g/mol. The zero-order valence-corrected chi connectivity index (χ0v) is 48.9. The van der Waals surface area contributed by atoms with Gasteiger partial charge in [0.1, 0.15) is 48.8 Å². The monoisotopic (exact) mass is 1110 g/mol. The molecule has 0 aromatic carbocycles. The predicted molar refractivity (Wildman–Crippen MR) is 314 cm³/mol. The summed E-state index contributed by atoms with van der Waals surface area (Å²) in [5.74, 6) is -0.279. The smallest absolute Gasteiger partial charge is 0.220 e. The molecule has 0 spiro atoms. The van der Waals surface area contributed by atoms with Gasteiger partial charge in [0, 0.05) is 6.42 Å². The summed E-state index contributed by atoms with van der Waals surface area (Å²) in [5, 5.41) is 87.1. The molecular weight excluding hydrogens is 991 g/mol. The highest BCUT2D eigenvalue weighted by Crippen LogP contribution is 2.30. The molecule has 0 saturated carbocycles. The van der Waals surface area contributed by atoms with E-state index >= 15 is 0 Å².